The highest BCUT2D eigenvalue weighted by molar-refractivity contribution is 7.85. The van der Waals surface area contributed by atoms with Crippen LogP contribution in [0.2, 0.25) is 0 Å². The molecule has 35 heavy (non-hydrogen) atoms. The molecule has 0 radical (unpaired) electrons. The highest BCUT2D eigenvalue weighted by Crippen LogP contribution is 2.44. The van der Waals surface area contributed by atoms with Crippen LogP contribution in [0.5, 0.6) is 0 Å². The molecule has 0 unspecified atom stereocenters. The Balaban J connectivity index is 1.69. The van der Waals surface area contributed by atoms with Crippen LogP contribution < -0.4 is 16.0 Å². The summed E-state index contributed by atoms with van der Waals surface area (Å²) in [5.41, 5.74) is 0.409. The first-order valence-corrected chi connectivity index (χ1v) is 13.0. The van der Waals surface area contributed by atoms with Crippen molar-refractivity contribution in [1.29, 1.82) is 0 Å². The number of nitrogens with zero attached hydrogens (tertiary/aromatic N) is 1. The molecule has 5 aromatic carbocycles. The number of halogens is 2. The fourth-order valence-corrected chi connectivity index (χ4v) is 7.30. The first-order valence-electron chi connectivity index (χ1n) is 11.3. The molecular formula is C30H20F2NOP. The minimum absolute atomic E-state index is 0.160. The highest BCUT2D eigenvalue weighted by atomic mass is 31.2. The molecule has 0 fully saturated rings. The smallest absolute Gasteiger partial charge is 0.264 e. The van der Waals surface area contributed by atoms with Crippen molar-refractivity contribution in [2.24, 2.45) is 0 Å². The number of rotatable bonds is 4. The highest BCUT2D eigenvalue weighted by Gasteiger charge is 2.33. The summed E-state index contributed by atoms with van der Waals surface area (Å²) in [6, 6.07) is 35.1. The average Bonchev–Trinajstić information content (AvgIpc) is 2.91. The van der Waals surface area contributed by atoms with E-state index in [4.69, 9.17) is 4.98 Å². The second kappa shape index (κ2) is 8.41. The molecule has 5 heteroatoms. The van der Waals surface area contributed by atoms with Gasteiger partial charge in [0.15, 0.2) is 7.14 Å². The summed E-state index contributed by atoms with van der Waals surface area (Å²) in [7, 11) is -3.60. The first-order chi connectivity index (χ1) is 17.0. The zero-order chi connectivity index (χ0) is 24.0. The summed E-state index contributed by atoms with van der Waals surface area (Å²) in [5, 5.41) is 5.39. The maximum absolute atomic E-state index is 15.2. The predicted octanol–water partition coefficient (Wildman–Crippen LogP) is 7.12. The van der Waals surface area contributed by atoms with Crippen LogP contribution in [0.1, 0.15) is 12.0 Å². The Morgan fingerprint density at radius 1 is 0.600 bits per heavy atom. The lowest BCUT2D eigenvalue weighted by molar-refractivity contribution is 0.153. The molecule has 6 aromatic rings. The zero-order valence-electron chi connectivity index (χ0n) is 18.6. The molecule has 0 aliphatic rings. The predicted molar refractivity (Wildman–Crippen MR) is 141 cm³/mol. The summed E-state index contributed by atoms with van der Waals surface area (Å²) in [6.07, 6.45) is -2.72. The van der Waals surface area contributed by atoms with Gasteiger partial charge >= 0.3 is 0 Å². The lowest BCUT2D eigenvalue weighted by Gasteiger charge is -2.21. The zero-order valence-corrected chi connectivity index (χ0v) is 19.5. The standard InChI is InChI=1S/C30H20F2NOP/c31-30(32)27-19-29(33-28-12-6-5-11-26(27)28)35(34,24-15-13-20-7-1-3-9-22(20)17-24)25-16-14-21-8-2-4-10-23(21)18-25/h1-19,30H. The SMILES string of the molecule is O=P(c1ccc2ccccc2c1)(c1ccc2ccccc2c1)c1cc(C(F)F)c2ccccc2n1. The third kappa shape index (κ3) is 3.62. The van der Waals surface area contributed by atoms with Crippen LogP contribution in [0, 0.1) is 0 Å². The third-order valence-electron chi connectivity index (χ3n) is 6.49. The first kappa shape index (κ1) is 21.6. The molecule has 2 nitrogen and oxygen atoms in total. The second-order valence-corrected chi connectivity index (χ2v) is 11.3. The van der Waals surface area contributed by atoms with Gasteiger partial charge in [-0.05, 0) is 45.8 Å². The van der Waals surface area contributed by atoms with E-state index in [0.717, 1.165) is 21.5 Å². The second-order valence-electron chi connectivity index (χ2n) is 8.56. The topological polar surface area (TPSA) is 30.0 Å². The summed E-state index contributed by atoms with van der Waals surface area (Å²) in [4.78, 5) is 4.71. The van der Waals surface area contributed by atoms with Crippen molar-refractivity contribution in [3.05, 3.63) is 121 Å². The molecular weight excluding hydrogens is 459 g/mol. The van der Waals surface area contributed by atoms with Gasteiger partial charge in [-0.15, -0.1) is 0 Å². The number of alkyl halides is 2. The molecule has 0 bridgehead atoms. The van der Waals surface area contributed by atoms with Gasteiger partial charge in [0.1, 0.15) is 5.44 Å². The van der Waals surface area contributed by atoms with Crippen molar-refractivity contribution in [2.75, 3.05) is 0 Å². The molecule has 6 rings (SSSR count). The van der Waals surface area contributed by atoms with E-state index in [-0.39, 0.29) is 11.0 Å². The van der Waals surface area contributed by atoms with E-state index in [2.05, 4.69) is 0 Å². The van der Waals surface area contributed by atoms with E-state index in [9.17, 15) is 8.78 Å². The van der Waals surface area contributed by atoms with Gasteiger partial charge in [-0.3, -0.25) is 0 Å². The minimum Gasteiger partial charge on any atom is -0.307 e. The van der Waals surface area contributed by atoms with E-state index in [1.165, 1.54) is 6.07 Å². The maximum Gasteiger partial charge on any atom is 0.264 e. The molecule has 0 spiro atoms. The number of para-hydroxylation sites is 1. The lowest BCUT2D eigenvalue weighted by atomic mass is 10.1. The molecule has 1 aromatic heterocycles. The minimum atomic E-state index is -3.60. The number of benzene rings is 5. The Morgan fingerprint density at radius 3 is 1.69 bits per heavy atom. The van der Waals surface area contributed by atoms with E-state index in [1.807, 2.05) is 84.9 Å². The summed E-state index contributed by atoms with van der Waals surface area (Å²) >= 11 is 0. The molecule has 0 amide bonds. The fourth-order valence-electron chi connectivity index (χ4n) is 4.69. The number of hydrogen-bond acceptors (Lipinski definition) is 2. The quantitative estimate of drug-likeness (QED) is 0.252. The van der Waals surface area contributed by atoms with Gasteiger partial charge in [-0.1, -0.05) is 91.0 Å². The number of fused-ring (bicyclic) bond motifs is 3. The molecule has 170 valence electrons. The van der Waals surface area contributed by atoms with Crippen molar-refractivity contribution in [1.82, 2.24) is 4.98 Å². The van der Waals surface area contributed by atoms with Crippen LogP contribution in [0.15, 0.2) is 115 Å². The summed E-state index contributed by atoms with van der Waals surface area (Å²) < 4.78 is 43.6. The van der Waals surface area contributed by atoms with Crippen molar-refractivity contribution >= 4 is 55.6 Å². The molecule has 0 aliphatic heterocycles. The van der Waals surface area contributed by atoms with Crippen LogP contribution in [0.3, 0.4) is 0 Å². The van der Waals surface area contributed by atoms with E-state index < -0.39 is 13.6 Å². The van der Waals surface area contributed by atoms with E-state index in [0.29, 0.717) is 21.5 Å². The van der Waals surface area contributed by atoms with Crippen LogP contribution in [0.25, 0.3) is 32.4 Å². The third-order valence-corrected chi connectivity index (χ3v) is 9.37. The Kier molecular flexibility index (Phi) is 5.20. The van der Waals surface area contributed by atoms with Gasteiger partial charge in [0.25, 0.3) is 6.43 Å². The van der Waals surface area contributed by atoms with Gasteiger partial charge in [0.2, 0.25) is 0 Å². The monoisotopic (exact) mass is 479 g/mol. The van der Waals surface area contributed by atoms with Crippen molar-refractivity contribution in [3.63, 3.8) is 0 Å². The van der Waals surface area contributed by atoms with Crippen molar-refractivity contribution < 1.29 is 13.3 Å². The summed E-state index contributed by atoms with van der Waals surface area (Å²) in [6.45, 7) is 0. The molecule has 0 aliphatic carbocycles. The summed E-state index contributed by atoms with van der Waals surface area (Å²) in [5.74, 6) is 0. The Labute approximate surface area is 201 Å². The van der Waals surface area contributed by atoms with E-state index >= 15 is 4.57 Å². The number of pyridine rings is 1. The number of hydrogen-bond donors (Lipinski definition) is 0. The normalized spacial score (nSPS) is 12.1. The van der Waals surface area contributed by atoms with Gasteiger partial charge in [0, 0.05) is 21.6 Å². The van der Waals surface area contributed by atoms with E-state index in [1.54, 1.807) is 24.3 Å². The molecule has 1 heterocycles. The van der Waals surface area contributed by atoms with Gasteiger partial charge in [-0.2, -0.15) is 0 Å². The Morgan fingerprint density at radius 2 is 1.11 bits per heavy atom. The average molecular weight is 479 g/mol. The number of aromatic nitrogens is 1. The molecule has 0 N–H and O–H groups in total. The molecule has 0 saturated heterocycles. The van der Waals surface area contributed by atoms with Crippen LogP contribution in [-0.4, -0.2) is 4.98 Å². The van der Waals surface area contributed by atoms with Crippen LogP contribution >= 0.6 is 7.14 Å². The lowest BCUT2D eigenvalue weighted by Crippen LogP contribution is -2.27. The molecule has 0 saturated carbocycles. The van der Waals surface area contributed by atoms with Gasteiger partial charge in [0.05, 0.1) is 5.52 Å². The molecule has 0 atom stereocenters. The van der Waals surface area contributed by atoms with Crippen LogP contribution in [0.4, 0.5) is 8.78 Å². The maximum atomic E-state index is 15.2. The van der Waals surface area contributed by atoms with Crippen molar-refractivity contribution in [2.45, 2.75) is 6.43 Å². The Bertz CT molecular complexity index is 1700. The van der Waals surface area contributed by atoms with Crippen LogP contribution in [-0.2, 0) is 4.57 Å². The fraction of sp³-hybridized carbons (Fsp3) is 0.0333. The largest absolute Gasteiger partial charge is 0.307 e. The van der Waals surface area contributed by atoms with Gasteiger partial charge < -0.3 is 4.57 Å². The van der Waals surface area contributed by atoms with Crippen molar-refractivity contribution in [3.8, 4) is 0 Å². The van der Waals surface area contributed by atoms with Gasteiger partial charge in [-0.25, -0.2) is 13.8 Å². The Hall–Kier alpha value is -3.88.